The Morgan fingerprint density at radius 3 is 2.08 bits per heavy atom. The average Bonchev–Trinajstić information content (AvgIpc) is 3.60. The second-order valence-electron chi connectivity index (χ2n) is 13.2. The molecule has 10 rings (SSSR count). The number of fused-ring (bicyclic) bond motifs is 5. The number of aromatic nitrogens is 3. The second-order valence-corrected chi connectivity index (χ2v) is 13.2. The zero-order valence-electron chi connectivity index (χ0n) is 27.7. The monoisotopic (exact) mass is 653 g/mol. The molecule has 2 heterocycles. The minimum absolute atomic E-state index is 0.366. The summed E-state index contributed by atoms with van der Waals surface area (Å²) in [6.07, 6.45) is 5.52. The van der Waals surface area contributed by atoms with Crippen LogP contribution in [0.25, 0.3) is 84.1 Å². The van der Waals surface area contributed by atoms with E-state index in [2.05, 4.69) is 127 Å². The zero-order valence-corrected chi connectivity index (χ0v) is 27.7. The highest BCUT2D eigenvalue weighted by molar-refractivity contribution is 6.15. The molecule has 0 bridgehead atoms. The van der Waals surface area contributed by atoms with E-state index in [1.807, 2.05) is 42.5 Å². The summed E-state index contributed by atoms with van der Waals surface area (Å²) in [6, 6.07) is 55.0. The van der Waals surface area contributed by atoms with Crippen molar-refractivity contribution in [2.24, 2.45) is 0 Å². The van der Waals surface area contributed by atoms with Crippen LogP contribution >= 0.6 is 0 Å². The molecule has 1 aliphatic rings. The topological polar surface area (TPSA) is 51.8 Å². The van der Waals surface area contributed by atoms with Gasteiger partial charge >= 0.3 is 0 Å². The quantitative estimate of drug-likeness (QED) is 0.185. The Hall–Kier alpha value is -6.65. The van der Waals surface area contributed by atoms with Gasteiger partial charge in [-0.15, -0.1) is 0 Å². The standard InChI is InChI=1S/C47H31N3O/c1-3-11-30(12-4-1)34-22-23-36-29-38(26-24-35(36)27-34)46-48-45(32-14-5-2-6-15-32)49-47(50-46)41-19-10-20-42-43(41)40-18-9-17-39(44(40)51-42)37-25-21-31-13-7-8-16-33(31)28-37/h1-26,28-29,34H,27H2. The molecule has 1 atom stereocenters. The van der Waals surface area contributed by atoms with Crippen molar-refractivity contribution in [3.63, 3.8) is 0 Å². The van der Waals surface area contributed by atoms with Gasteiger partial charge in [0.15, 0.2) is 17.5 Å². The maximum absolute atomic E-state index is 6.67. The lowest BCUT2D eigenvalue weighted by atomic mass is 9.84. The van der Waals surface area contributed by atoms with E-state index in [0.29, 0.717) is 23.4 Å². The van der Waals surface area contributed by atoms with Crippen molar-refractivity contribution >= 4 is 38.8 Å². The molecule has 4 nitrogen and oxygen atoms in total. The van der Waals surface area contributed by atoms with E-state index in [1.54, 1.807) is 0 Å². The summed E-state index contributed by atoms with van der Waals surface area (Å²) in [4.78, 5) is 15.3. The number of furan rings is 1. The molecule has 0 saturated carbocycles. The molecular weight excluding hydrogens is 623 g/mol. The minimum Gasteiger partial charge on any atom is -0.455 e. The van der Waals surface area contributed by atoms with E-state index in [9.17, 15) is 0 Å². The first-order valence-corrected chi connectivity index (χ1v) is 17.4. The van der Waals surface area contributed by atoms with Gasteiger partial charge in [-0.2, -0.15) is 0 Å². The van der Waals surface area contributed by atoms with Gasteiger partial charge in [0.2, 0.25) is 0 Å². The molecule has 51 heavy (non-hydrogen) atoms. The number of rotatable bonds is 5. The molecule has 1 unspecified atom stereocenters. The Kier molecular flexibility index (Phi) is 6.91. The van der Waals surface area contributed by atoms with Gasteiger partial charge in [0.25, 0.3) is 0 Å². The first kappa shape index (κ1) is 29.3. The lowest BCUT2D eigenvalue weighted by molar-refractivity contribution is 0.670. The Bertz CT molecular complexity index is 2780. The van der Waals surface area contributed by atoms with Crippen LogP contribution in [0.3, 0.4) is 0 Å². The number of nitrogens with zero attached hydrogens (tertiary/aromatic N) is 3. The van der Waals surface area contributed by atoms with Crippen LogP contribution in [-0.2, 0) is 6.42 Å². The van der Waals surface area contributed by atoms with Crippen molar-refractivity contribution in [2.45, 2.75) is 12.3 Å². The molecular formula is C47H31N3O. The molecule has 0 fully saturated rings. The van der Waals surface area contributed by atoms with Crippen LogP contribution in [0, 0.1) is 0 Å². The fourth-order valence-corrected chi connectivity index (χ4v) is 7.49. The number of benzene rings is 7. The van der Waals surface area contributed by atoms with Crippen molar-refractivity contribution in [1.82, 2.24) is 15.0 Å². The summed E-state index contributed by atoms with van der Waals surface area (Å²) in [7, 11) is 0. The van der Waals surface area contributed by atoms with Crippen LogP contribution in [0.4, 0.5) is 0 Å². The second kappa shape index (κ2) is 12.0. The van der Waals surface area contributed by atoms with Crippen LogP contribution in [-0.4, -0.2) is 15.0 Å². The third kappa shape index (κ3) is 5.20. The zero-order chi connectivity index (χ0) is 33.7. The summed E-state index contributed by atoms with van der Waals surface area (Å²) in [6.45, 7) is 0. The Labute approximate surface area is 295 Å². The maximum Gasteiger partial charge on any atom is 0.164 e. The van der Waals surface area contributed by atoms with E-state index >= 15 is 0 Å². The van der Waals surface area contributed by atoms with Crippen molar-refractivity contribution in [3.05, 3.63) is 180 Å². The molecule has 9 aromatic rings. The molecule has 0 amide bonds. The number of hydrogen-bond donors (Lipinski definition) is 0. The number of allylic oxidation sites excluding steroid dienone is 1. The summed E-state index contributed by atoms with van der Waals surface area (Å²) in [5.74, 6) is 2.25. The van der Waals surface area contributed by atoms with Gasteiger partial charge in [-0.3, -0.25) is 0 Å². The van der Waals surface area contributed by atoms with E-state index in [-0.39, 0.29) is 0 Å². The van der Waals surface area contributed by atoms with Crippen LogP contribution in [0.5, 0.6) is 0 Å². The van der Waals surface area contributed by atoms with Crippen LogP contribution in [0.15, 0.2) is 168 Å². The normalized spacial score (nSPS) is 13.9. The van der Waals surface area contributed by atoms with Gasteiger partial charge < -0.3 is 4.42 Å². The molecule has 0 radical (unpaired) electrons. The minimum atomic E-state index is 0.366. The molecule has 2 aromatic heterocycles. The van der Waals surface area contributed by atoms with E-state index in [4.69, 9.17) is 19.4 Å². The van der Waals surface area contributed by atoms with Gasteiger partial charge in [0.1, 0.15) is 11.2 Å². The third-order valence-electron chi connectivity index (χ3n) is 10.1. The molecule has 0 spiro atoms. The SMILES string of the molecule is C1=CC(c2ccccc2)Cc2ccc(-c3nc(-c4ccccc4)nc(-c4cccc5oc6c(-c7ccc8ccccc8c7)cccc6c45)n3)cc21. The van der Waals surface area contributed by atoms with E-state index in [0.717, 1.165) is 56.2 Å². The Morgan fingerprint density at radius 1 is 0.510 bits per heavy atom. The molecule has 240 valence electrons. The van der Waals surface area contributed by atoms with Crippen molar-refractivity contribution in [3.8, 4) is 45.3 Å². The summed E-state index contributed by atoms with van der Waals surface area (Å²) in [5.41, 5.74) is 10.5. The van der Waals surface area contributed by atoms with Gasteiger partial charge in [0, 0.05) is 38.9 Å². The highest BCUT2D eigenvalue weighted by atomic mass is 16.3. The Morgan fingerprint density at radius 2 is 1.22 bits per heavy atom. The molecule has 7 aromatic carbocycles. The molecule has 0 saturated heterocycles. The lowest BCUT2D eigenvalue weighted by Gasteiger charge is -2.20. The van der Waals surface area contributed by atoms with E-state index in [1.165, 1.54) is 27.5 Å². The molecule has 1 aliphatic carbocycles. The first-order valence-electron chi connectivity index (χ1n) is 17.4. The van der Waals surface area contributed by atoms with Crippen molar-refractivity contribution in [1.29, 1.82) is 0 Å². The fourth-order valence-electron chi connectivity index (χ4n) is 7.49. The number of hydrogen-bond acceptors (Lipinski definition) is 4. The van der Waals surface area contributed by atoms with Crippen LogP contribution in [0.2, 0.25) is 0 Å². The first-order chi connectivity index (χ1) is 25.2. The molecule has 4 heteroatoms. The fraction of sp³-hybridized carbons (Fsp3) is 0.0426. The highest BCUT2D eigenvalue weighted by Crippen LogP contribution is 2.41. The molecule has 0 N–H and O–H groups in total. The summed E-state index contributed by atoms with van der Waals surface area (Å²) in [5, 5.41) is 4.43. The third-order valence-corrected chi connectivity index (χ3v) is 10.1. The Balaban J connectivity index is 1.12. The molecule has 0 aliphatic heterocycles. The maximum atomic E-state index is 6.67. The van der Waals surface area contributed by atoms with Crippen molar-refractivity contribution < 1.29 is 4.42 Å². The predicted molar refractivity (Wildman–Crippen MR) is 208 cm³/mol. The van der Waals surface area contributed by atoms with Gasteiger partial charge in [-0.05, 0) is 57.6 Å². The van der Waals surface area contributed by atoms with E-state index < -0.39 is 0 Å². The van der Waals surface area contributed by atoms with Gasteiger partial charge in [0.05, 0.1) is 0 Å². The summed E-state index contributed by atoms with van der Waals surface area (Å²) < 4.78 is 6.67. The van der Waals surface area contributed by atoms with Gasteiger partial charge in [-0.25, -0.2) is 15.0 Å². The smallest absolute Gasteiger partial charge is 0.164 e. The van der Waals surface area contributed by atoms with Crippen LogP contribution in [0.1, 0.15) is 22.6 Å². The largest absolute Gasteiger partial charge is 0.455 e. The lowest BCUT2D eigenvalue weighted by Crippen LogP contribution is -2.06. The highest BCUT2D eigenvalue weighted by Gasteiger charge is 2.21. The van der Waals surface area contributed by atoms with Crippen LogP contribution < -0.4 is 0 Å². The summed E-state index contributed by atoms with van der Waals surface area (Å²) >= 11 is 0. The average molecular weight is 654 g/mol. The number of para-hydroxylation sites is 1. The predicted octanol–water partition coefficient (Wildman–Crippen LogP) is 11.9. The van der Waals surface area contributed by atoms with Gasteiger partial charge in [-0.1, -0.05) is 152 Å². The van der Waals surface area contributed by atoms with Crippen molar-refractivity contribution in [2.75, 3.05) is 0 Å².